The SMILES string of the molecule is Cn1nccc1CNS(=O)(=O)c1cccc(F)c1[N+](=O)[O-]. The molecular formula is C11H11FN4O4S. The van der Waals surface area contributed by atoms with Gasteiger partial charge < -0.3 is 0 Å². The lowest BCUT2D eigenvalue weighted by atomic mass is 10.3. The zero-order valence-electron chi connectivity index (χ0n) is 10.9. The fourth-order valence-corrected chi connectivity index (χ4v) is 2.89. The number of sulfonamides is 1. The van der Waals surface area contributed by atoms with E-state index in [1.165, 1.54) is 10.9 Å². The van der Waals surface area contributed by atoms with Gasteiger partial charge >= 0.3 is 5.69 Å². The predicted octanol–water partition coefficient (Wildman–Crippen LogP) is 0.946. The van der Waals surface area contributed by atoms with Crippen LogP contribution < -0.4 is 4.72 Å². The average molecular weight is 314 g/mol. The number of nitrogens with zero attached hydrogens (tertiary/aromatic N) is 3. The van der Waals surface area contributed by atoms with Crippen LogP contribution in [0.15, 0.2) is 35.4 Å². The van der Waals surface area contributed by atoms with Crippen LogP contribution >= 0.6 is 0 Å². The summed E-state index contributed by atoms with van der Waals surface area (Å²) in [5, 5.41) is 14.7. The van der Waals surface area contributed by atoms with E-state index in [0.717, 1.165) is 18.2 Å². The Bertz CT molecular complexity index is 787. The maximum absolute atomic E-state index is 13.5. The van der Waals surface area contributed by atoms with Gasteiger partial charge in [-0.05, 0) is 18.2 Å². The highest BCUT2D eigenvalue weighted by Gasteiger charge is 2.29. The maximum atomic E-state index is 13.5. The molecule has 1 aromatic carbocycles. The summed E-state index contributed by atoms with van der Waals surface area (Å²) in [6.45, 7) is -0.119. The monoisotopic (exact) mass is 314 g/mol. The Morgan fingerprint density at radius 2 is 2.14 bits per heavy atom. The molecule has 2 aromatic rings. The Hall–Kier alpha value is -2.33. The van der Waals surface area contributed by atoms with Gasteiger partial charge in [0.1, 0.15) is 0 Å². The fourth-order valence-electron chi connectivity index (χ4n) is 1.71. The highest BCUT2D eigenvalue weighted by Crippen LogP contribution is 2.26. The van der Waals surface area contributed by atoms with Crippen LogP contribution in [0.3, 0.4) is 0 Å². The Labute approximate surface area is 119 Å². The first-order chi connectivity index (χ1) is 9.83. The van der Waals surface area contributed by atoms with Crippen LogP contribution in [0, 0.1) is 15.9 Å². The van der Waals surface area contributed by atoms with Crippen LogP contribution in [0.5, 0.6) is 0 Å². The summed E-state index contributed by atoms with van der Waals surface area (Å²) in [4.78, 5) is 9.06. The Kier molecular flexibility index (Phi) is 4.00. The molecule has 10 heteroatoms. The van der Waals surface area contributed by atoms with Crippen molar-refractivity contribution in [1.29, 1.82) is 0 Å². The molecule has 0 spiro atoms. The van der Waals surface area contributed by atoms with Crippen molar-refractivity contribution in [3.63, 3.8) is 0 Å². The third kappa shape index (κ3) is 3.06. The molecule has 0 fully saturated rings. The summed E-state index contributed by atoms with van der Waals surface area (Å²) in [5.74, 6) is -1.21. The molecule has 1 heterocycles. The summed E-state index contributed by atoms with van der Waals surface area (Å²) in [6.07, 6.45) is 1.48. The van der Waals surface area contributed by atoms with E-state index in [-0.39, 0.29) is 6.54 Å². The van der Waals surface area contributed by atoms with Gasteiger partial charge in [-0.25, -0.2) is 13.1 Å². The number of para-hydroxylation sites is 1. The smallest absolute Gasteiger partial charge is 0.271 e. The van der Waals surface area contributed by atoms with Gasteiger partial charge in [0.05, 0.1) is 17.2 Å². The van der Waals surface area contributed by atoms with Gasteiger partial charge in [0.15, 0.2) is 4.90 Å². The average Bonchev–Trinajstić information content (AvgIpc) is 2.81. The lowest BCUT2D eigenvalue weighted by Crippen LogP contribution is -2.25. The van der Waals surface area contributed by atoms with E-state index in [9.17, 15) is 22.9 Å². The molecule has 1 N–H and O–H groups in total. The number of nitro benzene ring substituents is 1. The van der Waals surface area contributed by atoms with E-state index in [1.54, 1.807) is 13.1 Å². The van der Waals surface area contributed by atoms with Gasteiger partial charge in [-0.2, -0.15) is 9.49 Å². The number of benzene rings is 1. The van der Waals surface area contributed by atoms with Gasteiger partial charge in [-0.1, -0.05) is 6.07 Å². The van der Waals surface area contributed by atoms with Crippen molar-refractivity contribution in [2.24, 2.45) is 7.05 Å². The molecule has 21 heavy (non-hydrogen) atoms. The molecule has 0 aliphatic carbocycles. The van der Waals surface area contributed by atoms with Crippen molar-refractivity contribution in [2.45, 2.75) is 11.4 Å². The molecule has 0 unspecified atom stereocenters. The highest BCUT2D eigenvalue weighted by atomic mass is 32.2. The van der Waals surface area contributed by atoms with Crippen LogP contribution in [0.4, 0.5) is 10.1 Å². The van der Waals surface area contributed by atoms with Crippen molar-refractivity contribution in [3.05, 3.63) is 52.1 Å². The molecule has 0 aliphatic rings. The quantitative estimate of drug-likeness (QED) is 0.653. The first-order valence-corrected chi connectivity index (χ1v) is 7.20. The number of nitro groups is 1. The molecule has 0 saturated heterocycles. The van der Waals surface area contributed by atoms with E-state index in [4.69, 9.17) is 0 Å². The third-order valence-electron chi connectivity index (χ3n) is 2.79. The zero-order valence-corrected chi connectivity index (χ0v) is 11.7. The minimum Gasteiger partial charge on any atom is -0.271 e. The van der Waals surface area contributed by atoms with Crippen LogP contribution in [-0.2, 0) is 23.6 Å². The number of hydrogen-bond donors (Lipinski definition) is 1. The largest absolute Gasteiger partial charge is 0.324 e. The number of hydrogen-bond acceptors (Lipinski definition) is 5. The Morgan fingerprint density at radius 3 is 2.71 bits per heavy atom. The van der Waals surface area contributed by atoms with Crippen LogP contribution in [0.1, 0.15) is 5.69 Å². The van der Waals surface area contributed by atoms with Gasteiger partial charge in [0, 0.05) is 13.2 Å². The van der Waals surface area contributed by atoms with Crippen LogP contribution in [0.2, 0.25) is 0 Å². The second kappa shape index (κ2) is 5.58. The van der Waals surface area contributed by atoms with Crippen molar-refractivity contribution < 1.29 is 17.7 Å². The molecule has 0 bridgehead atoms. The lowest BCUT2D eigenvalue weighted by Gasteiger charge is -2.07. The normalized spacial score (nSPS) is 11.5. The zero-order chi connectivity index (χ0) is 15.6. The summed E-state index contributed by atoms with van der Waals surface area (Å²) in [7, 11) is -2.60. The minimum absolute atomic E-state index is 0.119. The third-order valence-corrected chi connectivity index (χ3v) is 4.22. The molecule has 0 saturated carbocycles. The standard InChI is InChI=1S/C11H11FN4O4S/c1-15-8(5-6-13-15)7-14-21(19,20)10-4-2-3-9(12)11(10)16(17)18/h2-6,14H,7H2,1H3. The number of halogens is 1. The highest BCUT2D eigenvalue weighted by molar-refractivity contribution is 7.89. The predicted molar refractivity (Wildman–Crippen MR) is 70.3 cm³/mol. The molecule has 0 amide bonds. The maximum Gasteiger partial charge on any atom is 0.324 e. The first-order valence-electron chi connectivity index (χ1n) is 5.72. The topological polar surface area (TPSA) is 107 Å². The molecule has 0 atom stereocenters. The Balaban J connectivity index is 2.34. The van der Waals surface area contributed by atoms with Crippen LogP contribution in [0.25, 0.3) is 0 Å². The second-order valence-corrected chi connectivity index (χ2v) is 5.85. The fraction of sp³-hybridized carbons (Fsp3) is 0.182. The summed E-state index contributed by atoms with van der Waals surface area (Å²) < 4.78 is 41.3. The van der Waals surface area contributed by atoms with Gasteiger partial charge in [0.2, 0.25) is 15.8 Å². The molecule has 1 aromatic heterocycles. The van der Waals surface area contributed by atoms with E-state index in [2.05, 4.69) is 9.82 Å². The van der Waals surface area contributed by atoms with Crippen LogP contribution in [-0.4, -0.2) is 23.1 Å². The van der Waals surface area contributed by atoms with E-state index in [0.29, 0.717) is 5.69 Å². The summed E-state index contributed by atoms with van der Waals surface area (Å²) in [6, 6.07) is 4.49. The number of rotatable bonds is 5. The van der Waals surface area contributed by atoms with E-state index >= 15 is 0 Å². The van der Waals surface area contributed by atoms with Crippen molar-refractivity contribution in [1.82, 2.24) is 14.5 Å². The van der Waals surface area contributed by atoms with E-state index < -0.39 is 31.3 Å². The van der Waals surface area contributed by atoms with Crippen molar-refractivity contribution in [2.75, 3.05) is 0 Å². The number of aryl methyl sites for hydroxylation is 1. The summed E-state index contributed by atoms with van der Waals surface area (Å²) in [5.41, 5.74) is -0.521. The van der Waals surface area contributed by atoms with Crippen molar-refractivity contribution >= 4 is 15.7 Å². The summed E-state index contributed by atoms with van der Waals surface area (Å²) >= 11 is 0. The molecule has 112 valence electrons. The lowest BCUT2D eigenvalue weighted by molar-refractivity contribution is -0.390. The van der Waals surface area contributed by atoms with Gasteiger partial charge in [0.25, 0.3) is 0 Å². The molecule has 8 nitrogen and oxygen atoms in total. The molecule has 2 rings (SSSR count). The minimum atomic E-state index is -4.22. The molecular weight excluding hydrogens is 303 g/mol. The second-order valence-electron chi connectivity index (χ2n) is 4.11. The Morgan fingerprint density at radius 1 is 1.43 bits per heavy atom. The van der Waals surface area contributed by atoms with E-state index in [1.807, 2.05) is 0 Å². The van der Waals surface area contributed by atoms with Crippen molar-refractivity contribution in [3.8, 4) is 0 Å². The first kappa shape index (κ1) is 15.1. The van der Waals surface area contributed by atoms with Gasteiger partial charge in [-0.3, -0.25) is 14.8 Å². The number of nitrogens with one attached hydrogen (secondary N) is 1. The molecule has 0 radical (unpaired) electrons. The molecule has 0 aliphatic heterocycles. The van der Waals surface area contributed by atoms with Gasteiger partial charge in [-0.15, -0.1) is 0 Å². The number of aromatic nitrogens is 2.